The fourth-order valence-electron chi connectivity index (χ4n) is 3.58. The van der Waals surface area contributed by atoms with Crippen LogP contribution in [0.25, 0.3) is 0 Å². The predicted molar refractivity (Wildman–Crippen MR) is 135 cm³/mol. The molecule has 0 saturated carbocycles. The number of rotatable bonds is 9. The molecular formula is C24H24Cl2N6O2. The standard InChI is InChI=1S/C24H24Cl2N6O2/c1-4-5-10-31(3)24-22(32(33)34)23(28-14-29-24)30-21-12-20(26)18(11-15(21)2)19(13-27)16-6-8-17(25)9-7-16/h6-9,11-12,14,19H,4-5,10H2,1-3H3,(H,28,29,30). The van der Waals surface area contributed by atoms with Gasteiger partial charge < -0.3 is 10.2 Å². The van der Waals surface area contributed by atoms with Gasteiger partial charge in [-0.15, -0.1) is 0 Å². The number of halogens is 2. The van der Waals surface area contributed by atoms with Gasteiger partial charge in [0.25, 0.3) is 0 Å². The summed E-state index contributed by atoms with van der Waals surface area (Å²) in [6.45, 7) is 4.52. The highest BCUT2D eigenvalue weighted by molar-refractivity contribution is 6.32. The van der Waals surface area contributed by atoms with Crippen LogP contribution >= 0.6 is 23.2 Å². The van der Waals surface area contributed by atoms with Crippen molar-refractivity contribution in [2.24, 2.45) is 0 Å². The Hall–Kier alpha value is -3.41. The van der Waals surface area contributed by atoms with Crippen LogP contribution in [0, 0.1) is 28.4 Å². The van der Waals surface area contributed by atoms with Gasteiger partial charge in [-0.05, 0) is 48.2 Å². The summed E-state index contributed by atoms with van der Waals surface area (Å²) in [5.41, 5.74) is 2.48. The third kappa shape index (κ3) is 5.56. The number of hydrogen-bond donors (Lipinski definition) is 1. The van der Waals surface area contributed by atoms with Crippen LogP contribution in [0.5, 0.6) is 0 Å². The van der Waals surface area contributed by atoms with E-state index < -0.39 is 10.8 Å². The molecule has 0 aliphatic carbocycles. The first-order chi connectivity index (χ1) is 16.3. The normalized spacial score (nSPS) is 11.5. The second kappa shape index (κ2) is 11.1. The number of aryl methyl sites for hydroxylation is 1. The van der Waals surface area contributed by atoms with Crippen molar-refractivity contribution in [3.8, 4) is 6.07 Å². The number of unbranched alkanes of at least 4 members (excludes halogenated alkanes) is 1. The SMILES string of the molecule is CCCCN(C)c1ncnc(Nc2cc(Cl)c(C(C#N)c3ccc(Cl)cc3)cc2C)c1[N+](=O)[O-]. The van der Waals surface area contributed by atoms with Crippen molar-refractivity contribution in [1.29, 1.82) is 5.26 Å². The number of aromatic nitrogens is 2. The maximum absolute atomic E-state index is 11.9. The minimum Gasteiger partial charge on any atom is -0.354 e. The van der Waals surface area contributed by atoms with E-state index in [9.17, 15) is 15.4 Å². The molecule has 1 atom stereocenters. The lowest BCUT2D eigenvalue weighted by Gasteiger charge is -2.19. The van der Waals surface area contributed by atoms with Gasteiger partial charge in [-0.2, -0.15) is 5.26 Å². The molecule has 0 aliphatic heterocycles. The zero-order valence-electron chi connectivity index (χ0n) is 19.0. The van der Waals surface area contributed by atoms with Crippen LogP contribution in [0.4, 0.5) is 23.0 Å². The molecule has 8 nitrogen and oxygen atoms in total. The first-order valence-electron chi connectivity index (χ1n) is 10.7. The van der Waals surface area contributed by atoms with E-state index in [-0.39, 0.29) is 17.3 Å². The Balaban J connectivity index is 1.98. The average Bonchev–Trinajstić information content (AvgIpc) is 2.81. The number of benzene rings is 2. The maximum atomic E-state index is 11.9. The molecular weight excluding hydrogens is 475 g/mol. The molecule has 34 heavy (non-hydrogen) atoms. The highest BCUT2D eigenvalue weighted by atomic mass is 35.5. The van der Waals surface area contributed by atoms with Crippen molar-refractivity contribution in [2.45, 2.75) is 32.6 Å². The summed E-state index contributed by atoms with van der Waals surface area (Å²) in [6, 6.07) is 12.8. The van der Waals surface area contributed by atoms with Gasteiger partial charge in [-0.1, -0.05) is 54.7 Å². The topological polar surface area (TPSA) is 108 Å². The summed E-state index contributed by atoms with van der Waals surface area (Å²) in [5, 5.41) is 25.7. The second-order valence-corrected chi connectivity index (χ2v) is 8.70. The van der Waals surface area contributed by atoms with Crippen molar-refractivity contribution in [2.75, 3.05) is 23.8 Å². The van der Waals surface area contributed by atoms with Gasteiger partial charge in [0, 0.05) is 29.3 Å². The smallest absolute Gasteiger partial charge is 0.353 e. The molecule has 176 valence electrons. The van der Waals surface area contributed by atoms with E-state index >= 15 is 0 Å². The van der Waals surface area contributed by atoms with Crippen LogP contribution in [0.1, 0.15) is 42.4 Å². The van der Waals surface area contributed by atoms with Gasteiger partial charge in [0.1, 0.15) is 6.33 Å². The lowest BCUT2D eigenvalue weighted by atomic mass is 9.91. The predicted octanol–water partition coefficient (Wildman–Crippen LogP) is 6.64. The van der Waals surface area contributed by atoms with E-state index in [0.29, 0.717) is 27.8 Å². The van der Waals surface area contributed by atoms with Crippen molar-refractivity contribution in [3.63, 3.8) is 0 Å². The summed E-state index contributed by atoms with van der Waals surface area (Å²) in [5.74, 6) is -0.284. The number of nitro groups is 1. The van der Waals surface area contributed by atoms with Crippen LogP contribution in [-0.4, -0.2) is 28.5 Å². The van der Waals surface area contributed by atoms with Gasteiger partial charge in [-0.25, -0.2) is 9.97 Å². The summed E-state index contributed by atoms with van der Waals surface area (Å²) < 4.78 is 0. The Morgan fingerprint density at radius 3 is 2.56 bits per heavy atom. The fourth-order valence-corrected chi connectivity index (χ4v) is 3.97. The van der Waals surface area contributed by atoms with Crippen LogP contribution in [0.15, 0.2) is 42.7 Å². The molecule has 3 rings (SSSR count). The number of nitrogens with zero attached hydrogens (tertiary/aromatic N) is 5. The van der Waals surface area contributed by atoms with Crippen LogP contribution < -0.4 is 10.2 Å². The minimum atomic E-state index is -0.593. The molecule has 10 heteroatoms. The van der Waals surface area contributed by atoms with E-state index in [1.807, 2.05) is 6.92 Å². The van der Waals surface area contributed by atoms with E-state index in [1.165, 1.54) is 6.33 Å². The first kappa shape index (κ1) is 25.2. The number of nitriles is 1. The molecule has 0 fully saturated rings. The van der Waals surface area contributed by atoms with Crippen molar-refractivity contribution < 1.29 is 4.92 Å². The van der Waals surface area contributed by atoms with Crippen LogP contribution in [-0.2, 0) is 0 Å². The highest BCUT2D eigenvalue weighted by Crippen LogP contribution is 2.38. The zero-order valence-corrected chi connectivity index (χ0v) is 20.6. The zero-order chi connectivity index (χ0) is 24.8. The molecule has 0 aliphatic rings. The molecule has 1 aromatic heterocycles. The van der Waals surface area contributed by atoms with Gasteiger partial charge >= 0.3 is 5.69 Å². The van der Waals surface area contributed by atoms with Crippen LogP contribution in [0.3, 0.4) is 0 Å². The summed E-state index contributed by atoms with van der Waals surface area (Å²) in [4.78, 5) is 21.4. The van der Waals surface area contributed by atoms with Crippen LogP contribution in [0.2, 0.25) is 10.0 Å². The van der Waals surface area contributed by atoms with Gasteiger partial charge in [0.2, 0.25) is 11.6 Å². The Morgan fingerprint density at radius 2 is 1.94 bits per heavy atom. The Morgan fingerprint density at radius 1 is 1.24 bits per heavy atom. The molecule has 0 spiro atoms. The Bertz CT molecular complexity index is 1230. The van der Waals surface area contributed by atoms with Gasteiger partial charge in [-0.3, -0.25) is 10.1 Å². The molecule has 0 amide bonds. The highest BCUT2D eigenvalue weighted by Gasteiger charge is 2.26. The minimum absolute atomic E-state index is 0.0693. The van der Waals surface area contributed by atoms with E-state index in [4.69, 9.17) is 23.2 Å². The quantitative estimate of drug-likeness (QED) is 0.260. The van der Waals surface area contributed by atoms with Crippen molar-refractivity contribution in [3.05, 3.63) is 79.6 Å². The summed E-state index contributed by atoms with van der Waals surface area (Å²) >= 11 is 12.5. The largest absolute Gasteiger partial charge is 0.354 e. The summed E-state index contributed by atoms with van der Waals surface area (Å²) in [6.07, 6.45) is 3.13. The number of anilines is 3. The second-order valence-electron chi connectivity index (χ2n) is 7.85. The van der Waals surface area contributed by atoms with E-state index in [1.54, 1.807) is 48.3 Å². The molecule has 3 aromatic rings. The van der Waals surface area contributed by atoms with E-state index in [2.05, 4.69) is 28.3 Å². The average molecular weight is 499 g/mol. The number of nitrogens with one attached hydrogen (secondary N) is 1. The van der Waals surface area contributed by atoms with Crippen molar-refractivity contribution in [1.82, 2.24) is 9.97 Å². The third-order valence-corrected chi connectivity index (χ3v) is 6.01. The number of hydrogen-bond acceptors (Lipinski definition) is 7. The van der Waals surface area contributed by atoms with Gasteiger partial charge in [0.15, 0.2) is 0 Å². The molecule has 1 N–H and O–H groups in total. The van der Waals surface area contributed by atoms with Gasteiger partial charge in [0.05, 0.1) is 16.9 Å². The lowest BCUT2D eigenvalue weighted by Crippen LogP contribution is -2.21. The summed E-state index contributed by atoms with van der Waals surface area (Å²) in [7, 11) is 1.77. The molecule has 0 bridgehead atoms. The molecule has 0 radical (unpaired) electrons. The first-order valence-corrected chi connectivity index (χ1v) is 11.4. The van der Waals surface area contributed by atoms with Crippen molar-refractivity contribution >= 4 is 46.2 Å². The molecule has 2 aromatic carbocycles. The Labute approximate surface area is 208 Å². The lowest BCUT2D eigenvalue weighted by molar-refractivity contribution is -0.383. The monoisotopic (exact) mass is 498 g/mol. The van der Waals surface area contributed by atoms with E-state index in [0.717, 1.165) is 24.0 Å². The maximum Gasteiger partial charge on any atom is 0.353 e. The Kier molecular flexibility index (Phi) is 8.26. The molecule has 1 unspecified atom stereocenters. The molecule has 0 saturated heterocycles. The third-order valence-electron chi connectivity index (χ3n) is 5.43. The fraction of sp³-hybridized carbons (Fsp3) is 0.292. The molecule has 1 heterocycles.